The lowest BCUT2D eigenvalue weighted by Gasteiger charge is -2.31. The zero-order valence-electron chi connectivity index (χ0n) is 18.6. The Hall–Kier alpha value is -2.48. The second kappa shape index (κ2) is 9.34. The van der Waals surface area contributed by atoms with E-state index in [1.54, 1.807) is 0 Å². The summed E-state index contributed by atoms with van der Waals surface area (Å²) in [5.74, 6) is -0.977. The maximum absolute atomic E-state index is 13.3. The number of nitrogens with two attached hydrogens (primary N) is 1. The van der Waals surface area contributed by atoms with Gasteiger partial charge in [0.15, 0.2) is 0 Å². The fraction of sp³-hybridized carbons (Fsp3) is 0.609. The van der Waals surface area contributed by atoms with Crippen molar-refractivity contribution in [3.63, 3.8) is 0 Å². The average Bonchev–Trinajstić information content (AvgIpc) is 3.42. The predicted molar refractivity (Wildman–Crippen MR) is 116 cm³/mol. The SMILES string of the molecule is CC(C)(C)CC(=O)N(C1CC1)C1CC(C(=O)NCCN)N(C(=O)c2ccc(F)cc2)C1. The molecule has 2 fully saturated rings. The van der Waals surface area contributed by atoms with Crippen LogP contribution in [0.2, 0.25) is 0 Å². The van der Waals surface area contributed by atoms with E-state index in [0.29, 0.717) is 31.5 Å². The van der Waals surface area contributed by atoms with Crippen LogP contribution in [0.5, 0.6) is 0 Å². The molecule has 170 valence electrons. The van der Waals surface area contributed by atoms with Crippen LogP contribution in [-0.2, 0) is 9.59 Å². The summed E-state index contributed by atoms with van der Waals surface area (Å²) in [5, 5.41) is 2.77. The van der Waals surface area contributed by atoms with Crippen LogP contribution in [0.4, 0.5) is 4.39 Å². The van der Waals surface area contributed by atoms with Crippen LogP contribution < -0.4 is 11.1 Å². The summed E-state index contributed by atoms with van der Waals surface area (Å²) in [5.41, 5.74) is 5.68. The summed E-state index contributed by atoms with van der Waals surface area (Å²) < 4.78 is 13.3. The number of likely N-dealkylation sites (tertiary alicyclic amines) is 1. The summed E-state index contributed by atoms with van der Waals surface area (Å²) in [6.45, 7) is 6.97. The van der Waals surface area contributed by atoms with Gasteiger partial charge in [-0.3, -0.25) is 14.4 Å². The summed E-state index contributed by atoms with van der Waals surface area (Å²) in [6, 6.07) is 4.56. The van der Waals surface area contributed by atoms with Crippen LogP contribution in [0.1, 0.15) is 56.8 Å². The molecular weight excluding hydrogens is 399 g/mol. The van der Waals surface area contributed by atoms with Crippen LogP contribution in [-0.4, -0.2) is 65.3 Å². The quantitative estimate of drug-likeness (QED) is 0.688. The largest absolute Gasteiger partial charge is 0.353 e. The lowest BCUT2D eigenvalue weighted by Crippen LogP contribution is -2.47. The van der Waals surface area contributed by atoms with Gasteiger partial charge in [0.1, 0.15) is 11.9 Å². The Labute approximate surface area is 183 Å². The Kier molecular flexibility index (Phi) is 6.99. The van der Waals surface area contributed by atoms with Crippen molar-refractivity contribution < 1.29 is 18.8 Å². The van der Waals surface area contributed by atoms with Crippen molar-refractivity contribution in [3.05, 3.63) is 35.6 Å². The second-order valence-electron chi connectivity index (χ2n) is 9.72. The molecule has 0 radical (unpaired) electrons. The van der Waals surface area contributed by atoms with Gasteiger partial charge in [-0.25, -0.2) is 4.39 Å². The molecular formula is C23H33FN4O3. The molecule has 1 aromatic rings. The summed E-state index contributed by atoms with van der Waals surface area (Å²) in [6.07, 6.45) is 2.69. The standard InChI is InChI=1S/C23H33FN4O3/c1-23(2,3)13-20(29)28(17-8-9-17)18-12-19(21(30)26-11-10-25)27(14-18)22(31)15-4-6-16(24)7-5-15/h4-7,17-19H,8-14,25H2,1-3H3,(H,26,30). The van der Waals surface area contributed by atoms with Crippen molar-refractivity contribution in [2.75, 3.05) is 19.6 Å². The van der Waals surface area contributed by atoms with E-state index >= 15 is 0 Å². The molecule has 3 amide bonds. The molecule has 0 aromatic heterocycles. The van der Waals surface area contributed by atoms with Crippen LogP contribution in [0.25, 0.3) is 0 Å². The fourth-order valence-electron chi connectivity index (χ4n) is 4.16. The fourth-order valence-corrected chi connectivity index (χ4v) is 4.16. The van der Waals surface area contributed by atoms with Crippen LogP contribution in [0, 0.1) is 11.2 Å². The third-order valence-electron chi connectivity index (χ3n) is 5.68. The molecule has 0 spiro atoms. The average molecular weight is 433 g/mol. The van der Waals surface area contributed by atoms with Gasteiger partial charge in [-0.15, -0.1) is 0 Å². The van der Waals surface area contributed by atoms with Crippen molar-refractivity contribution in [2.24, 2.45) is 11.1 Å². The molecule has 3 N–H and O–H groups in total. The number of hydrogen-bond donors (Lipinski definition) is 2. The van der Waals surface area contributed by atoms with Gasteiger partial charge in [-0.2, -0.15) is 0 Å². The minimum Gasteiger partial charge on any atom is -0.353 e. The van der Waals surface area contributed by atoms with Crippen LogP contribution >= 0.6 is 0 Å². The topological polar surface area (TPSA) is 95.7 Å². The van der Waals surface area contributed by atoms with Gasteiger partial charge < -0.3 is 20.9 Å². The molecule has 1 aliphatic heterocycles. The molecule has 2 atom stereocenters. The Morgan fingerprint density at radius 1 is 1.16 bits per heavy atom. The third-order valence-corrected chi connectivity index (χ3v) is 5.68. The molecule has 1 saturated heterocycles. The molecule has 7 nitrogen and oxygen atoms in total. The maximum Gasteiger partial charge on any atom is 0.254 e. The molecule has 1 aliphatic carbocycles. The third kappa shape index (κ3) is 5.81. The zero-order valence-corrected chi connectivity index (χ0v) is 18.6. The minimum atomic E-state index is -0.696. The van der Waals surface area contributed by atoms with Gasteiger partial charge in [-0.1, -0.05) is 20.8 Å². The predicted octanol–water partition coefficient (Wildman–Crippen LogP) is 1.91. The van der Waals surface area contributed by atoms with Crippen LogP contribution in [0.15, 0.2) is 24.3 Å². The molecule has 2 unspecified atom stereocenters. The van der Waals surface area contributed by atoms with E-state index in [0.717, 1.165) is 12.8 Å². The maximum atomic E-state index is 13.3. The highest BCUT2D eigenvalue weighted by atomic mass is 19.1. The lowest BCUT2D eigenvalue weighted by atomic mass is 9.91. The first-order valence-corrected chi connectivity index (χ1v) is 11.0. The van der Waals surface area contributed by atoms with E-state index < -0.39 is 11.9 Å². The van der Waals surface area contributed by atoms with Crippen LogP contribution in [0.3, 0.4) is 0 Å². The van der Waals surface area contributed by atoms with E-state index in [9.17, 15) is 18.8 Å². The van der Waals surface area contributed by atoms with Crippen molar-refractivity contribution in [2.45, 2.75) is 64.6 Å². The highest BCUT2D eigenvalue weighted by Gasteiger charge is 2.47. The Balaban J connectivity index is 1.84. The number of nitrogens with one attached hydrogen (secondary N) is 1. The van der Waals surface area contributed by atoms with Gasteiger partial charge in [0.2, 0.25) is 11.8 Å². The van der Waals surface area contributed by atoms with E-state index in [4.69, 9.17) is 5.73 Å². The van der Waals surface area contributed by atoms with Crippen molar-refractivity contribution >= 4 is 17.7 Å². The first-order valence-electron chi connectivity index (χ1n) is 11.0. The van der Waals surface area contributed by atoms with Gasteiger partial charge in [0, 0.05) is 37.7 Å². The number of benzene rings is 1. The van der Waals surface area contributed by atoms with E-state index in [1.165, 1.54) is 29.2 Å². The number of halogens is 1. The molecule has 8 heteroatoms. The van der Waals surface area contributed by atoms with Crippen molar-refractivity contribution in [3.8, 4) is 0 Å². The summed E-state index contributed by atoms with van der Waals surface area (Å²) in [4.78, 5) is 42.6. The number of carbonyl (C=O) groups excluding carboxylic acids is 3. The number of amides is 3. The monoisotopic (exact) mass is 432 g/mol. The van der Waals surface area contributed by atoms with E-state index in [-0.39, 0.29) is 41.8 Å². The molecule has 1 aromatic carbocycles. The van der Waals surface area contributed by atoms with E-state index in [2.05, 4.69) is 5.32 Å². The number of hydrogen-bond acceptors (Lipinski definition) is 4. The van der Waals surface area contributed by atoms with Crippen molar-refractivity contribution in [1.29, 1.82) is 0 Å². The summed E-state index contributed by atoms with van der Waals surface area (Å²) in [7, 11) is 0. The van der Waals surface area contributed by atoms with Gasteiger partial charge >= 0.3 is 0 Å². The highest BCUT2D eigenvalue weighted by Crippen LogP contribution is 2.36. The number of carbonyl (C=O) groups is 3. The second-order valence-corrected chi connectivity index (χ2v) is 9.72. The molecule has 31 heavy (non-hydrogen) atoms. The Bertz CT molecular complexity index is 817. The molecule has 2 aliphatic rings. The minimum absolute atomic E-state index is 0.0668. The normalized spacial score (nSPS) is 21.1. The molecule has 1 heterocycles. The van der Waals surface area contributed by atoms with Gasteiger partial charge in [0.05, 0.1) is 6.04 Å². The lowest BCUT2D eigenvalue weighted by molar-refractivity contribution is -0.136. The van der Waals surface area contributed by atoms with Gasteiger partial charge in [0.25, 0.3) is 5.91 Å². The number of rotatable bonds is 7. The first kappa shape index (κ1) is 23.2. The molecule has 1 saturated carbocycles. The highest BCUT2D eigenvalue weighted by molar-refractivity contribution is 5.98. The first-order chi connectivity index (χ1) is 14.6. The Morgan fingerprint density at radius 2 is 1.81 bits per heavy atom. The smallest absolute Gasteiger partial charge is 0.254 e. The van der Waals surface area contributed by atoms with Gasteiger partial charge in [-0.05, 0) is 48.9 Å². The number of nitrogens with zero attached hydrogens (tertiary/aromatic N) is 2. The zero-order chi connectivity index (χ0) is 22.8. The Morgan fingerprint density at radius 3 is 2.35 bits per heavy atom. The van der Waals surface area contributed by atoms with E-state index in [1.807, 2.05) is 25.7 Å². The molecule has 3 rings (SSSR count). The summed E-state index contributed by atoms with van der Waals surface area (Å²) >= 11 is 0. The molecule has 0 bridgehead atoms. The van der Waals surface area contributed by atoms with Crippen molar-refractivity contribution in [1.82, 2.24) is 15.1 Å².